The summed E-state index contributed by atoms with van der Waals surface area (Å²) in [5.74, 6) is 0. The van der Waals surface area contributed by atoms with Crippen LogP contribution in [-0.4, -0.2) is 18.7 Å². The number of benzene rings is 1. The summed E-state index contributed by atoms with van der Waals surface area (Å²) in [6.07, 6.45) is 1.46. The maximum Gasteiger partial charge on any atom is 0.414 e. The van der Waals surface area contributed by atoms with Gasteiger partial charge in [0.1, 0.15) is 0 Å². The number of ether oxygens (including phenoxy) is 1. The molecule has 1 heterocycles. The number of nitrogens with two attached hydrogens (primary N) is 1. The van der Waals surface area contributed by atoms with Crippen molar-refractivity contribution in [1.82, 2.24) is 0 Å². The number of fused-ring (bicyclic) bond motifs is 1. The molecule has 17 heavy (non-hydrogen) atoms. The number of rotatable bonds is 1. The van der Waals surface area contributed by atoms with Gasteiger partial charge < -0.3 is 10.5 Å². The predicted molar refractivity (Wildman–Crippen MR) is 68.1 cm³/mol. The minimum atomic E-state index is -0.286. The van der Waals surface area contributed by atoms with E-state index in [-0.39, 0.29) is 12.2 Å². The van der Waals surface area contributed by atoms with E-state index in [9.17, 15) is 4.79 Å². The lowest BCUT2D eigenvalue weighted by atomic mass is 10.0. The van der Waals surface area contributed by atoms with Crippen molar-refractivity contribution in [2.24, 2.45) is 0 Å². The first kappa shape index (κ1) is 11.8. The van der Waals surface area contributed by atoms with Crippen LogP contribution in [0.3, 0.4) is 0 Å². The maximum atomic E-state index is 11.9. The molecule has 0 aromatic heterocycles. The van der Waals surface area contributed by atoms with E-state index in [0.717, 1.165) is 29.8 Å². The van der Waals surface area contributed by atoms with Gasteiger partial charge in [-0.05, 0) is 44.4 Å². The number of nitrogens with zero attached hydrogens (tertiary/aromatic N) is 1. The number of hydrogen-bond donors (Lipinski definition) is 1. The third kappa shape index (κ3) is 2.35. The van der Waals surface area contributed by atoms with Crippen molar-refractivity contribution >= 4 is 17.5 Å². The SMILES string of the molecule is CC(C)OC(=O)N1CCCc2c(N)cccc21. The van der Waals surface area contributed by atoms with Crippen LogP contribution < -0.4 is 10.6 Å². The zero-order valence-corrected chi connectivity index (χ0v) is 10.3. The van der Waals surface area contributed by atoms with Gasteiger partial charge in [0.2, 0.25) is 0 Å². The van der Waals surface area contributed by atoms with E-state index in [0.29, 0.717) is 6.54 Å². The molecule has 0 bridgehead atoms. The van der Waals surface area contributed by atoms with Crippen molar-refractivity contribution in [1.29, 1.82) is 0 Å². The number of amides is 1. The Morgan fingerprint density at radius 1 is 1.47 bits per heavy atom. The summed E-state index contributed by atoms with van der Waals surface area (Å²) >= 11 is 0. The molecule has 2 rings (SSSR count). The number of carbonyl (C=O) groups is 1. The van der Waals surface area contributed by atoms with Crippen LogP contribution in [0.15, 0.2) is 18.2 Å². The second kappa shape index (κ2) is 4.65. The molecule has 92 valence electrons. The Morgan fingerprint density at radius 2 is 2.24 bits per heavy atom. The molecule has 0 atom stereocenters. The van der Waals surface area contributed by atoms with E-state index >= 15 is 0 Å². The lowest BCUT2D eigenvalue weighted by Crippen LogP contribution is -2.37. The molecule has 0 unspecified atom stereocenters. The van der Waals surface area contributed by atoms with Crippen molar-refractivity contribution in [2.75, 3.05) is 17.2 Å². The highest BCUT2D eigenvalue weighted by molar-refractivity contribution is 5.90. The van der Waals surface area contributed by atoms with Gasteiger partial charge in [0.25, 0.3) is 0 Å². The van der Waals surface area contributed by atoms with E-state index in [2.05, 4.69) is 0 Å². The molecule has 0 saturated heterocycles. The van der Waals surface area contributed by atoms with E-state index in [1.165, 1.54) is 0 Å². The Kier molecular flexibility index (Phi) is 3.22. The van der Waals surface area contributed by atoms with Gasteiger partial charge >= 0.3 is 6.09 Å². The monoisotopic (exact) mass is 234 g/mol. The maximum absolute atomic E-state index is 11.9. The van der Waals surface area contributed by atoms with E-state index in [1.54, 1.807) is 4.90 Å². The molecule has 1 aliphatic rings. The fraction of sp³-hybridized carbons (Fsp3) is 0.462. The average Bonchev–Trinajstić information content (AvgIpc) is 2.28. The first-order valence-corrected chi connectivity index (χ1v) is 5.95. The van der Waals surface area contributed by atoms with Crippen molar-refractivity contribution in [3.05, 3.63) is 23.8 Å². The summed E-state index contributed by atoms with van der Waals surface area (Å²) in [5.41, 5.74) is 8.63. The van der Waals surface area contributed by atoms with Gasteiger partial charge in [0.15, 0.2) is 0 Å². The molecule has 0 aliphatic carbocycles. The van der Waals surface area contributed by atoms with Gasteiger partial charge in [0, 0.05) is 12.2 Å². The fourth-order valence-electron chi connectivity index (χ4n) is 2.11. The minimum Gasteiger partial charge on any atom is -0.446 e. The summed E-state index contributed by atoms with van der Waals surface area (Å²) in [7, 11) is 0. The predicted octanol–water partition coefficient (Wildman–Crippen LogP) is 2.57. The topological polar surface area (TPSA) is 55.6 Å². The molecule has 0 spiro atoms. The molecule has 1 amide bonds. The standard InChI is InChI=1S/C13H18N2O2/c1-9(2)17-13(16)15-8-4-5-10-11(14)6-3-7-12(10)15/h3,6-7,9H,4-5,8,14H2,1-2H3. The molecule has 0 fully saturated rings. The molecule has 1 aliphatic heterocycles. The summed E-state index contributed by atoms with van der Waals surface area (Å²) in [6, 6.07) is 5.66. The van der Waals surface area contributed by atoms with Crippen LogP contribution in [0.2, 0.25) is 0 Å². The van der Waals surface area contributed by atoms with Crippen LogP contribution in [0.5, 0.6) is 0 Å². The molecule has 4 nitrogen and oxygen atoms in total. The fourth-order valence-corrected chi connectivity index (χ4v) is 2.11. The minimum absolute atomic E-state index is 0.103. The van der Waals surface area contributed by atoms with Gasteiger partial charge in [-0.3, -0.25) is 4.90 Å². The van der Waals surface area contributed by atoms with Crippen LogP contribution in [0.1, 0.15) is 25.8 Å². The van der Waals surface area contributed by atoms with E-state index in [4.69, 9.17) is 10.5 Å². The Morgan fingerprint density at radius 3 is 2.94 bits per heavy atom. The van der Waals surface area contributed by atoms with Gasteiger partial charge in [0.05, 0.1) is 11.8 Å². The molecule has 0 radical (unpaired) electrons. The highest BCUT2D eigenvalue weighted by atomic mass is 16.6. The van der Waals surface area contributed by atoms with Crippen LogP contribution in [0.25, 0.3) is 0 Å². The first-order valence-electron chi connectivity index (χ1n) is 5.95. The van der Waals surface area contributed by atoms with Crippen molar-refractivity contribution in [3.8, 4) is 0 Å². The van der Waals surface area contributed by atoms with Crippen molar-refractivity contribution in [2.45, 2.75) is 32.8 Å². The summed E-state index contributed by atoms with van der Waals surface area (Å²) in [4.78, 5) is 13.6. The van der Waals surface area contributed by atoms with Crippen molar-refractivity contribution in [3.63, 3.8) is 0 Å². The summed E-state index contributed by atoms with van der Waals surface area (Å²) < 4.78 is 5.23. The molecule has 2 N–H and O–H groups in total. The molecular weight excluding hydrogens is 216 g/mol. The zero-order valence-electron chi connectivity index (χ0n) is 10.3. The van der Waals surface area contributed by atoms with Crippen LogP contribution in [-0.2, 0) is 11.2 Å². The lowest BCUT2D eigenvalue weighted by Gasteiger charge is -2.30. The largest absolute Gasteiger partial charge is 0.446 e. The summed E-state index contributed by atoms with van der Waals surface area (Å²) in [6.45, 7) is 4.40. The number of hydrogen-bond acceptors (Lipinski definition) is 3. The van der Waals surface area contributed by atoms with Gasteiger partial charge in [-0.1, -0.05) is 6.07 Å². The Hall–Kier alpha value is -1.71. The van der Waals surface area contributed by atoms with Crippen LogP contribution in [0.4, 0.5) is 16.2 Å². The first-order chi connectivity index (χ1) is 8.09. The third-order valence-electron chi connectivity index (χ3n) is 2.84. The van der Waals surface area contributed by atoms with E-state index < -0.39 is 0 Å². The quantitative estimate of drug-likeness (QED) is 0.760. The highest BCUT2D eigenvalue weighted by Crippen LogP contribution is 2.31. The average molecular weight is 234 g/mol. The third-order valence-corrected chi connectivity index (χ3v) is 2.84. The zero-order chi connectivity index (χ0) is 12.4. The van der Waals surface area contributed by atoms with Gasteiger partial charge in [-0.25, -0.2) is 4.79 Å². The number of anilines is 2. The molecule has 4 heteroatoms. The molecular formula is C13H18N2O2. The molecule has 1 aromatic carbocycles. The second-order valence-electron chi connectivity index (χ2n) is 4.53. The second-order valence-corrected chi connectivity index (χ2v) is 4.53. The van der Waals surface area contributed by atoms with Crippen LogP contribution in [0, 0.1) is 0 Å². The Labute approximate surface area is 101 Å². The molecule has 1 aromatic rings. The Bertz CT molecular complexity index is 429. The molecule has 0 saturated carbocycles. The van der Waals surface area contributed by atoms with Crippen LogP contribution >= 0.6 is 0 Å². The van der Waals surface area contributed by atoms with Gasteiger partial charge in [-0.2, -0.15) is 0 Å². The Balaban J connectivity index is 2.29. The highest BCUT2D eigenvalue weighted by Gasteiger charge is 2.25. The smallest absolute Gasteiger partial charge is 0.414 e. The number of carbonyl (C=O) groups excluding carboxylic acids is 1. The summed E-state index contributed by atoms with van der Waals surface area (Å²) in [5, 5.41) is 0. The number of nitrogen functional groups attached to an aromatic ring is 1. The van der Waals surface area contributed by atoms with Gasteiger partial charge in [-0.15, -0.1) is 0 Å². The lowest BCUT2D eigenvalue weighted by molar-refractivity contribution is 0.122. The van der Waals surface area contributed by atoms with E-state index in [1.807, 2.05) is 32.0 Å². The normalized spacial score (nSPS) is 14.6. The van der Waals surface area contributed by atoms with Crippen molar-refractivity contribution < 1.29 is 9.53 Å².